The van der Waals surface area contributed by atoms with Gasteiger partial charge in [0.05, 0.1) is 21.2 Å². The number of hydrogen-bond donors (Lipinski definition) is 1. The molecule has 12 heteroatoms. The molecule has 40 heavy (non-hydrogen) atoms. The maximum Gasteiger partial charge on any atom is 0.417 e. The molecule has 1 N–H and O–H groups in total. The standard InChI is InChI=1S/C28H23Cl2F3N2O5/c29-20-2-1-3-21(30)22(20)24-23(25(40-34-24)13-4-5-13)27(38)39-17-10-14-6-7-15(11-17)35(14)16-8-9-18(26(36)37)19(12-16)28(31,32)33/h1-3,8-9,12-15,17H,4-7,10-11H2,(H,36,37)/t14-,15+,17+. The van der Waals surface area contributed by atoms with E-state index in [1.165, 1.54) is 6.07 Å². The second kappa shape index (κ2) is 9.99. The third kappa shape index (κ3) is 4.81. The normalized spacial score (nSPS) is 22.4. The summed E-state index contributed by atoms with van der Waals surface area (Å²) in [6.45, 7) is 0. The first-order valence-corrected chi connectivity index (χ1v) is 13.7. The van der Waals surface area contributed by atoms with Crippen molar-refractivity contribution in [2.24, 2.45) is 0 Å². The van der Waals surface area contributed by atoms with E-state index < -0.39 is 35.3 Å². The number of fused-ring (bicyclic) bond motifs is 2. The number of alkyl halides is 3. The van der Waals surface area contributed by atoms with E-state index in [1.807, 2.05) is 4.90 Å². The van der Waals surface area contributed by atoms with Crippen molar-refractivity contribution < 1.29 is 37.1 Å². The maximum absolute atomic E-state index is 13.6. The molecule has 3 atom stereocenters. The van der Waals surface area contributed by atoms with Gasteiger partial charge in [-0.3, -0.25) is 0 Å². The molecule has 0 unspecified atom stereocenters. The van der Waals surface area contributed by atoms with Gasteiger partial charge in [-0.1, -0.05) is 34.4 Å². The molecule has 7 nitrogen and oxygen atoms in total. The van der Waals surface area contributed by atoms with Crippen LogP contribution in [0.15, 0.2) is 40.9 Å². The molecule has 0 radical (unpaired) electrons. The summed E-state index contributed by atoms with van der Waals surface area (Å²) in [5.41, 5.74) is -0.861. The van der Waals surface area contributed by atoms with Gasteiger partial charge >= 0.3 is 18.1 Å². The highest BCUT2D eigenvalue weighted by atomic mass is 35.5. The molecule has 1 aliphatic carbocycles. The van der Waals surface area contributed by atoms with Crippen LogP contribution in [0.25, 0.3) is 11.3 Å². The van der Waals surface area contributed by atoms with Gasteiger partial charge in [0.1, 0.15) is 17.4 Å². The van der Waals surface area contributed by atoms with E-state index in [2.05, 4.69) is 5.16 Å². The minimum atomic E-state index is -4.81. The lowest BCUT2D eigenvalue weighted by molar-refractivity contribution is -0.138. The topological polar surface area (TPSA) is 92.9 Å². The number of benzene rings is 2. The first-order chi connectivity index (χ1) is 19.0. The van der Waals surface area contributed by atoms with E-state index >= 15 is 0 Å². The number of aromatic carboxylic acids is 1. The molecule has 0 spiro atoms. The van der Waals surface area contributed by atoms with Gasteiger partial charge in [0.2, 0.25) is 0 Å². The van der Waals surface area contributed by atoms with Crippen molar-refractivity contribution in [2.45, 2.75) is 68.8 Å². The van der Waals surface area contributed by atoms with Gasteiger partial charge in [-0.25, -0.2) is 9.59 Å². The molecule has 6 rings (SSSR count). The van der Waals surface area contributed by atoms with Gasteiger partial charge in [0.15, 0.2) is 5.76 Å². The lowest BCUT2D eigenvalue weighted by Crippen LogP contribution is -2.46. The molecule has 1 aromatic heterocycles. The minimum Gasteiger partial charge on any atom is -0.478 e. The lowest BCUT2D eigenvalue weighted by Gasteiger charge is -2.40. The SMILES string of the molecule is O=C(O)c1ccc(N2[C@@H]3CC[C@H]2C[C@@H](OC(=O)c2c(-c4c(Cl)cccc4Cl)noc2C2CC2)C3)cc1C(F)(F)F. The lowest BCUT2D eigenvalue weighted by atomic mass is 9.97. The number of rotatable bonds is 6. The summed E-state index contributed by atoms with van der Waals surface area (Å²) in [7, 11) is 0. The molecule has 3 aromatic rings. The molecular weight excluding hydrogens is 572 g/mol. The van der Waals surface area contributed by atoms with Gasteiger partial charge in [-0.2, -0.15) is 13.2 Å². The summed E-state index contributed by atoms with van der Waals surface area (Å²) < 4.78 is 52.5. The van der Waals surface area contributed by atoms with E-state index in [1.54, 1.807) is 18.2 Å². The number of nitrogens with zero attached hydrogens (tertiary/aromatic N) is 2. The predicted molar refractivity (Wildman–Crippen MR) is 140 cm³/mol. The summed E-state index contributed by atoms with van der Waals surface area (Å²) in [4.78, 5) is 26.9. The van der Waals surface area contributed by atoms with Crippen LogP contribution in [0.3, 0.4) is 0 Å². The van der Waals surface area contributed by atoms with Crippen LogP contribution in [-0.4, -0.2) is 40.4 Å². The van der Waals surface area contributed by atoms with Crippen molar-refractivity contribution in [3.05, 3.63) is 68.9 Å². The minimum absolute atomic E-state index is 0.0553. The summed E-state index contributed by atoms with van der Waals surface area (Å²) in [6.07, 6.45) is -1.33. The van der Waals surface area contributed by atoms with Crippen LogP contribution in [0.5, 0.6) is 0 Å². The Labute approximate surface area is 236 Å². The summed E-state index contributed by atoms with van der Waals surface area (Å²) in [6, 6.07) is 7.94. The number of carboxylic acids is 1. The average Bonchev–Trinajstić information content (AvgIpc) is 3.58. The molecule has 1 saturated carbocycles. The Morgan fingerprint density at radius 1 is 1.02 bits per heavy atom. The van der Waals surface area contributed by atoms with Gasteiger partial charge in [0, 0.05) is 42.1 Å². The third-order valence-electron chi connectivity index (χ3n) is 7.87. The van der Waals surface area contributed by atoms with E-state index in [4.69, 9.17) is 32.5 Å². The Balaban J connectivity index is 1.25. The second-order valence-electron chi connectivity index (χ2n) is 10.5. The molecule has 210 valence electrons. The molecule has 3 heterocycles. The van der Waals surface area contributed by atoms with E-state index in [0.717, 1.165) is 25.0 Å². The molecular formula is C28H23Cl2F3N2O5. The van der Waals surface area contributed by atoms with Crippen LogP contribution in [0.4, 0.5) is 18.9 Å². The maximum atomic E-state index is 13.6. The van der Waals surface area contributed by atoms with Gasteiger partial charge in [-0.15, -0.1) is 0 Å². The molecule has 2 aromatic carbocycles. The van der Waals surface area contributed by atoms with Gasteiger partial charge < -0.3 is 19.3 Å². The fourth-order valence-corrected chi connectivity index (χ4v) is 6.56. The number of ether oxygens (including phenoxy) is 1. The molecule has 2 bridgehead atoms. The van der Waals surface area contributed by atoms with Crippen LogP contribution in [0.2, 0.25) is 10.0 Å². The molecule has 0 amide bonds. The zero-order valence-electron chi connectivity index (χ0n) is 20.9. The van der Waals surface area contributed by atoms with Crippen molar-refractivity contribution in [2.75, 3.05) is 4.90 Å². The number of hydrogen-bond acceptors (Lipinski definition) is 6. The highest BCUT2D eigenvalue weighted by Crippen LogP contribution is 2.47. The van der Waals surface area contributed by atoms with Crippen LogP contribution < -0.4 is 4.90 Å². The number of halogens is 5. The fraction of sp³-hybridized carbons (Fsp3) is 0.393. The zero-order chi connectivity index (χ0) is 28.3. The highest BCUT2D eigenvalue weighted by molar-refractivity contribution is 6.39. The number of anilines is 1. The third-order valence-corrected chi connectivity index (χ3v) is 8.50. The number of piperidine rings is 1. The Hall–Kier alpha value is -3.24. The smallest absolute Gasteiger partial charge is 0.417 e. The first-order valence-electron chi connectivity index (χ1n) is 12.9. The Morgan fingerprint density at radius 2 is 1.68 bits per heavy atom. The van der Waals surface area contributed by atoms with Gasteiger partial charge in [-0.05, 0) is 56.0 Å². The van der Waals surface area contributed by atoms with Crippen LogP contribution in [0.1, 0.15) is 76.5 Å². The highest BCUT2D eigenvalue weighted by Gasteiger charge is 2.45. The van der Waals surface area contributed by atoms with E-state index in [-0.39, 0.29) is 29.3 Å². The zero-order valence-corrected chi connectivity index (χ0v) is 22.4. The van der Waals surface area contributed by atoms with Crippen molar-refractivity contribution in [3.8, 4) is 11.3 Å². The van der Waals surface area contributed by atoms with E-state index in [9.17, 15) is 27.9 Å². The summed E-state index contributed by atoms with van der Waals surface area (Å²) >= 11 is 12.8. The fourth-order valence-electron chi connectivity index (χ4n) is 5.99. The van der Waals surface area contributed by atoms with Crippen molar-refractivity contribution in [1.82, 2.24) is 5.16 Å². The van der Waals surface area contributed by atoms with Crippen molar-refractivity contribution in [3.63, 3.8) is 0 Å². The van der Waals surface area contributed by atoms with Crippen LogP contribution in [0, 0.1) is 0 Å². The number of carboxylic acid groups (broad SMARTS) is 1. The summed E-state index contributed by atoms with van der Waals surface area (Å²) in [5.74, 6) is -1.74. The number of aromatic nitrogens is 1. The van der Waals surface area contributed by atoms with Crippen molar-refractivity contribution >= 4 is 40.8 Å². The Bertz CT molecular complexity index is 1470. The first kappa shape index (κ1) is 27.0. The Kier molecular flexibility index (Phi) is 6.73. The largest absolute Gasteiger partial charge is 0.478 e. The summed E-state index contributed by atoms with van der Waals surface area (Å²) in [5, 5.41) is 14.0. The van der Waals surface area contributed by atoms with Crippen LogP contribution in [-0.2, 0) is 10.9 Å². The number of carbonyl (C=O) groups is 2. The van der Waals surface area contributed by atoms with Gasteiger partial charge in [0.25, 0.3) is 0 Å². The average molecular weight is 595 g/mol. The Morgan fingerprint density at radius 3 is 2.25 bits per heavy atom. The molecule has 3 fully saturated rings. The van der Waals surface area contributed by atoms with Crippen LogP contribution >= 0.6 is 23.2 Å². The molecule has 3 aliphatic rings. The monoisotopic (exact) mass is 594 g/mol. The number of carbonyl (C=O) groups excluding carboxylic acids is 1. The number of esters is 1. The quantitative estimate of drug-likeness (QED) is 0.294. The molecule has 2 aliphatic heterocycles. The predicted octanol–water partition coefficient (Wildman–Crippen LogP) is 7.60. The van der Waals surface area contributed by atoms with Crippen molar-refractivity contribution in [1.29, 1.82) is 0 Å². The van der Waals surface area contributed by atoms with E-state index in [0.29, 0.717) is 52.7 Å². The second-order valence-corrected chi connectivity index (χ2v) is 11.3. The molecule has 2 saturated heterocycles.